The molecule has 0 saturated heterocycles. The first-order chi connectivity index (χ1) is 8.84. The maximum atomic E-state index is 5.63. The van der Waals surface area contributed by atoms with Crippen molar-refractivity contribution in [1.82, 2.24) is 0 Å². The van der Waals surface area contributed by atoms with Crippen molar-refractivity contribution in [1.29, 1.82) is 0 Å². The molecule has 2 aromatic rings. The van der Waals surface area contributed by atoms with Gasteiger partial charge in [0.1, 0.15) is 0 Å². The highest BCUT2D eigenvalue weighted by atomic mass is 16.7. The van der Waals surface area contributed by atoms with Crippen LogP contribution in [0.15, 0.2) is 60.7 Å². The summed E-state index contributed by atoms with van der Waals surface area (Å²) in [5.41, 5.74) is 2.32. The van der Waals surface area contributed by atoms with E-state index < -0.39 is 0 Å². The second-order valence-corrected chi connectivity index (χ2v) is 4.16. The van der Waals surface area contributed by atoms with E-state index in [2.05, 4.69) is 0 Å². The second kappa shape index (κ2) is 6.94. The SMILES string of the molecule is CC(OCc1ccccc1)OCc1ccccc1. The molecule has 0 N–H and O–H groups in total. The molecule has 0 amide bonds. The molecule has 0 aliphatic heterocycles. The van der Waals surface area contributed by atoms with Gasteiger partial charge >= 0.3 is 0 Å². The van der Waals surface area contributed by atoms with Crippen LogP contribution in [0, 0.1) is 0 Å². The van der Waals surface area contributed by atoms with Crippen molar-refractivity contribution in [2.24, 2.45) is 0 Å². The Bertz CT molecular complexity index is 396. The molecule has 0 aliphatic rings. The summed E-state index contributed by atoms with van der Waals surface area (Å²) in [5, 5.41) is 0. The van der Waals surface area contributed by atoms with Crippen LogP contribution in [-0.2, 0) is 22.7 Å². The van der Waals surface area contributed by atoms with Gasteiger partial charge in [0, 0.05) is 0 Å². The summed E-state index contributed by atoms with van der Waals surface area (Å²) < 4.78 is 11.3. The second-order valence-electron chi connectivity index (χ2n) is 4.16. The summed E-state index contributed by atoms with van der Waals surface area (Å²) in [5.74, 6) is 0. The van der Waals surface area contributed by atoms with Crippen LogP contribution in [0.25, 0.3) is 0 Å². The van der Waals surface area contributed by atoms with E-state index in [0.29, 0.717) is 13.2 Å². The molecule has 0 aliphatic carbocycles. The highest BCUT2D eigenvalue weighted by molar-refractivity contribution is 5.14. The van der Waals surface area contributed by atoms with E-state index in [1.54, 1.807) is 0 Å². The number of hydrogen-bond donors (Lipinski definition) is 0. The van der Waals surface area contributed by atoms with Crippen molar-refractivity contribution in [3.05, 3.63) is 71.8 Å². The van der Waals surface area contributed by atoms with Gasteiger partial charge in [-0.3, -0.25) is 0 Å². The van der Waals surface area contributed by atoms with E-state index in [4.69, 9.17) is 9.47 Å². The molecule has 2 aromatic carbocycles. The van der Waals surface area contributed by atoms with E-state index in [9.17, 15) is 0 Å². The maximum Gasteiger partial charge on any atom is 0.155 e. The molecule has 0 spiro atoms. The van der Waals surface area contributed by atoms with Gasteiger partial charge in [-0.25, -0.2) is 0 Å². The Kier molecular flexibility index (Phi) is 4.94. The highest BCUT2D eigenvalue weighted by Crippen LogP contribution is 2.07. The molecule has 18 heavy (non-hydrogen) atoms. The minimum absolute atomic E-state index is 0.203. The standard InChI is InChI=1S/C16H18O2/c1-14(17-12-15-8-4-2-5-9-15)18-13-16-10-6-3-7-11-16/h2-11,14H,12-13H2,1H3. The highest BCUT2D eigenvalue weighted by Gasteiger charge is 2.02. The third kappa shape index (κ3) is 4.32. The van der Waals surface area contributed by atoms with E-state index in [1.165, 1.54) is 0 Å². The average molecular weight is 242 g/mol. The molecule has 2 heteroatoms. The summed E-state index contributed by atoms with van der Waals surface area (Å²) in [4.78, 5) is 0. The zero-order chi connectivity index (χ0) is 12.6. The molecule has 0 radical (unpaired) electrons. The molecule has 0 unspecified atom stereocenters. The Balaban J connectivity index is 1.71. The van der Waals surface area contributed by atoms with Crippen LogP contribution in [0.3, 0.4) is 0 Å². The Hall–Kier alpha value is -1.64. The number of benzene rings is 2. The fraction of sp³-hybridized carbons (Fsp3) is 0.250. The molecule has 2 rings (SSSR count). The minimum Gasteiger partial charge on any atom is -0.348 e. The van der Waals surface area contributed by atoms with Crippen LogP contribution < -0.4 is 0 Å². The van der Waals surface area contributed by atoms with Crippen LogP contribution in [0.5, 0.6) is 0 Å². The Morgan fingerprint density at radius 3 is 1.50 bits per heavy atom. The van der Waals surface area contributed by atoms with Gasteiger partial charge in [0.2, 0.25) is 0 Å². The zero-order valence-electron chi connectivity index (χ0n) is 10.6. The number of ether oxygens (including phenoxy) is 2. The van der Waals surface area contributed by atoms with Gasteiger partial charge < -0.3 is 9.47 Å². The normalized spacial score (nSPS) is 10.8. The molecule has 0 atom stereocenters. The van der Waals surface area contributed by atoms with Gasteiger partial charge in [0.15, 0.2) is 6.29 Å². The lowest BCUT2D eigenvalue weighted by molar-refractivity contribution is -0.144. The first-order valence-corrected chi connectivity index (χ1v) is 6.15. The van der Waals surface area contributed by atoms with Crippen LogP contribution in [0.4, 0.5) is 0 Å². The lowest BCUT2D eigenvalue weighted by Crippen LogP contribution is -2.12. The quantitative estimate of drug-likeness (QED) is 0.718. The van der Waals surface area contributed by atoms with Crippen molar-refractivity contribution in [3.8, 4) is 0 Å². The van der Waals surface area contributed by atoms with Crippen LogP contribution in [0.1, 0.15) is 18.1 Å². The van der Waals surface area contributed by atoms with Crippen molar-refractivity contribution >= 4 is 0 Å². The molecule has 0 saturated carbocycles. The van der Waals surface area contributed by atoms with Gasteiger partial charge in [-0.05, 0) is 18.1 Å². The summed E-state index contributed by atoms with van der Waals surface area (Å²) in [6, 6.07) is 20.2. The van der Waals surface area contributed by atoms with Crippen LogP contribution >= 0.6 is 0 Å². The van der Waals surface area contributed by atoms with Crippen molar-refractivity contribution in [2.45, 2.75) is 26.4 Å². The summed E-state index contributed by atoms with van der Waals surface area (Å²) >= 11 is 0. The topological polar surface area (TPSA) is 18.5 Å². The van der Waals surface area contributed by atoms with E-state index in [0.717, 1.165) is 11.1 Å². The largest absolute Gasteiger partial charge is 0.348 e. The molecule has 0 aromatic heterocycles. The molecule has 0 heterocycles. The van der Waals surface area contributed by atoms with Gasteiger partial charge in [-0.15, -0.1) is 0 Å². The van der Waals surface area contributed by atoms with Crippen molar-refractivity contribution in [2.75, 3.05) is 0 Å². The predicted octanol–water partition coefficient (Wildman–Crippen LogP) is 3.77. The fourth-order valence-corrected chi connectivity index (χ4v) is 1.62. The molecule has 2 nitrogen and oxygen atoms in total. The van der Waals surface area contributed by atoms with Gasteiger partial charge in [0.25, 0.3) is 0 Å². The van der Waals surface area contributed by atoms with Gasteiger partial charge in [0.05, 0.1) is 13.2 Å². The van der Waals surface area contributed by atoms with E-state index >= 15 is 0 Å². The third-order valence-corrected chi connectivity index (χ3v) is 2.66. The minimum atomic E-state index is -0.203. The van der Waals surface area contributed by atoms with Crippen molar-refractivity contribution in [3.63, 3.8) is 0 Å². The molecule has 94 valence electrons. The smallest absolute Gasteiger partial charge is 0.155 e. The van der Waals surface area contributed by atoms with Gasteiger partial charge in [-0.2, -0.15) is 0 Å². The summed E-state index contributed by atoms with van der Waals surface area (Å²) in [7, 11) is 0. The Morgan fingerprint density at radius 1 is 0.722 bits per heavy atom. The average Bonchev–Trinajstić information content (AvgIpc) is 2.45. The van der Waals surface area contributed by atoms with Crippen molar-refractivity contribution < 1.29 is 9.47 Å². The maximum absolute atomic E-state index is 5.63. The summed E-state index contributed by atoms with van der Waals surface area (Å²) in [6.45, 7) is 3.08. The fourth-order valence-electron chi connectivity index (χ4n) is 1.62. The van der Waals surface area contributed by atoms with Crippen LogP contribution in [0.2, 0.25) is 0 Å². The molecule has 0 bridgehead atoms. The van der Waals surface area contributed by atoms with E-state index in [1.807, 2.05) is 67.6 Å². The van der Waals surface area contributed by atoms with Gasteiger partial charge in [-0.1, -0.05) is 60.7 Å². The Labute approximate surface area is 108 Å². The van der Waals surface area contributed by atoms with E-state index in [-0.39, 0.29) is 6.29 Å². The molecular weight excluding hydrogens is 224 g/mol. The predicted molar refractivity (Wildman–Crippen MR) is 71.9 cm³/mol. The lowest BCUT2D eigenvalue weighted by Gasteiger charge is -2.14. The number of rotatable bonds is 6. The molecular formula is C16H18O2. The molecule has 0 fully saturated rings. The first kappa shape index (κ1) is 12.8. The zero-order valence-corrected chi connectivity index (χ0v) is 10.6. The van der Waals surface area contributed by atoms with Crippen LogP contribution in [-0.4, -0.2) is 6.29 Å². The lowest BCUT2D eigenvalue weighted by atomic mass is 10.2. The third-order valence-electron chi connectivity index (χ3n) is 2.66. The monoisotopic (exact) mass is 242 g/mol. The first-order valence-electron chi connectivity index (χ1n) is 6.15. The number of hydrogen-bond acceptors (Lipinski definition) is 2. The Morgan fingerprint density at radius 2 is 1.11 bits per heavy atom. The summed E-state index contributed by atoms with van der Waals surface area (Å²) in [6.07, 6.45) is -0.203.